The standard InChI is InChI=1S/C9H16Cl2Si/c10-9(11)5-7-3-1-2-4-8(7)6-12/h9H,1-6H2,12H3. The van der Waals surface area contributed by atoms with Gasteiger partial charge in [-0.2, -0.15) is 0 Å². The van der Waals surface area contributed by atoms with Crippen molar-refractivity contribution >= 4 is 33.4 Å². The lowest BCUT2D eigenvalue weighted by Crippen LogP contribution is -2.02. The number of rotatable bonds is 3. The first-order valence-corrected chi connectivity index (χ1v) is 7.00. The third kappa shape index (κ3) is 3.12. The van der Waals surface area contributed by atoms with Crippen LogP contribution in [0.3, 0.4) is 0 Å². The fourth-order valence-corrected chi connectivity index (χ4v) is 3.12. The highest BCUT2D eigenvalue weighted by Crippen LogP contribution is 2.31. The molecule has 0 atom stereocenters. The molecule has 1 aliphatic rings. The molecule has 0 aromatic rings. The Hall–Kier alpha value is 0.537. The van der Waals surface area contributed by atoms with Crippen molar-refractivity contribution in [2.75, 3.05) is 0 Å². The van der Waals surface area contributed by atoms with Crippen LogP contribution in [-0.2, 0) is 0 Å². The zero-order valence-electron chi connectivity index (χ0n) is 7.58. The molecule has 0 N–H and O–H groups in total. The van der Waals surface area contributed by atoms with Crippen LogP contribution in [0.1, 0.15) is 32.1 Å². The van der Waals surface area contributed by atoms with Gasteiger partial charge < -0.3 is 0 Å². The Bertz CT molecular complexity index is 175. The van der Waals surface area contributed by atoms with E-state index >= 15 is 0 Å². The highest BCUT2D eigenvalue weighted by Gasteiger charge is 2.13. The summed E-state index contributed by atoms with van der Waals surface area (Å²) in [4.78, 5) is -0.193. The fraction of sp³-hybridized carbons (Fsp3) is 0.778. The zero-order valence-corrected chi connectivity index (χ0v) is 11.1. The second-order valence-corrected chi connectivity index (χ2v) is 5.35. The van der Waals surface area contributed by atoms with Gasteiger partial charge in [0.2, 0.25) is 0 Å². The van der Waals surface area contributed by atoms with Crippen molar-refractivity contribution in [1.82, 2.24) is 0 Å². The molecule has 1 rings (SSSR count). The van der Waals surface area contributed by atoms with Gasteiger partial charge in [0.05, 0.1) is 0 Å². The monoisotopic (exact) mass is 222 g/mol. The first-order valence-electron chi connectivity index (χ1n) is 4.72. The minimum Gasteiger partial charge on any atom is -0.105 e. The van der Waals surface area contributed by atoms with Crippen LogP contribution < -0.4 is 0 Å². The van der Waals surface area contributed by atoms with Gasteiger partial charge in [-0.3, -0.25) is 0 Å². The maximum absolute atomic E-state index is 5.78. The number of alkyl halides is 2. The number of halogens is 2. The van der Waals surface area contributed by atoms with Crippen molar-refractivity contribution in [3.05, 3.63) is 11.1 Å². The number of hydrogen-bond donors (Lipinski definition) is 0. The zero-order chi connectivity index (χ0) is 8.97. The van der Waals surface area contributed by atoms with Gasteiger partial charge in [0.15, 0.2) is 0 Å². The second-order valence-electron chi connectivity index (χ2n) is 3.36. The van der Waals surface area contributed by atoms with Crippen LogP contribution in [0.25, 0.3) is 0 Å². The lowest BCUT2D eigenvalue weighted by molar-refractivity contribution is 0.653. The summed E-state index contributed by atoms with van der Waals surface area (Å²) in [7, 11) is 1.27. The van der Waals surface area contributed by atoms with Crippen molar-refractivity contribution in [1.29, 1.82) is 0 Å². The maximum Gasteiger partial charge on any atom is 0.111 e. The van der Waals surface area contributed by atoms with Crippen molar-refractivity contribution in [3.63, 3.8) is 0 Å². The quantitative estimate of drug-likeness (QED) is 0.392. The molecule has 0 unspecified atom stereocenters. The Labute approximate surface area is 87.7 Å². The van der Waals surface area contributed by atoms with E-state index in [9.17, 15) is 0 Å². The third-order valence-electron chi connectivity index (χ3n) is 2.53. The summed E-state index contributed by atoms with van der Waals surface area (Å²) in [5, 5.41) is 0. The minimum absolute atomic E-state index is 0.193. The summed E-state index contributed by atoms with van der Waals surface area (Å²) in [5.74, 6) is 0. The Kier molecular flexibility index (Phi) is 4.69. The third-order valence-corrected chi connectivity index (χ3v) is 3.70. The van der Waals surface area contributed by atoms with Crippen molar-refractivity contribution < 1.29 is 0 Å². The molecule has 0 heterocycles. The van der Waals surface area contributed by atoms with E-state index in [4.69, 9.17) is 23.2 Å². The van der Waals surface area contributed by atoms with E-state index in [-0.39, 0.29) is 4.84 Å². The van der Waals surface area contributed by atoms with Crippen LogP contribution in [0.5, 0.6) is 0 Å². The molecular formula is C9H16Cl2Si. The first-order chi connectivity index (χ1) is 5.74. The average molecular weight is 223 g/mol. The van der Waals surface area contributed by atoms with Crippen molar-refractivity contribution in [2.45, 2.75) is 43.0 Å². The van der Waals surface area contributed by atoms with Gasteiger partial charge in [0.1, 0.15) is 4.84 Å². The molecule has 3 heteroatoms. The average Bonchev–Trinajstić information content (AvgIpc) is 2.04. The van der Waals surface area contributed by atoms with Crippen LogP contribution in [0.15, 0.2) is 11.1 Å². The van der Waals surface area contributed by atoms with E-state index in [1.807, 2.05) is 0 Å². The predicted octanol–water partition coefficient (Wildman–Crippen LogP) is 2.83. The number of hydrogen-bond acceptors (Lipinski definition) is 0. The molecule has 0 fully saturated rings. The molecule has 0 radical (unpaired) electrons. The smallest absolute Gasteiger partial charge is 0.105 e. The molecule has 0 aromatic carbocycles. The molecule has 0 saturated heterocycles. The van der Waals surface area contributed by atoms with Crippen LogP contribution in [0.2, 0.25) is 6.04 Å². The van der Waals surface area contributed by atoms with Crippen molar-refractivity contribution in [3.8, 4) is 0 Å². The SMILES string of the molecule is [SiH3]CC1=C(CC(Cl)Cl)CCCC1. The topological polar surface area (TPSA) is 0 Å². The van der Waals surface area contributed by atoms with Crippen LogP contribution in [-0.4, -0.2) is 15.1 Å². The highest BCUT2D eigenvalue weighted by molar-refractivity contribution is 6.44. The fourth-order valence-electron chi connectivity index (χ4n) is 1.89. The van der Waals surface area contributed by atoms with Gasteiger partial charge in [-0.15, -0.1) is 23.2 Å². The van der Waals surface area contributed by atoms with Gasteiger partial charge in [-0.25, -0.2) is 0 Å². The lowest BCUT2D eigenvalue weighted by atomic mass is 9.91. The minimum atomic E-state index is -0.193. The van der Waals surface area contributed by atoms with E-state index in [0.717, 1.165) is 6.42 Å². The van der Waals surface area contributed by atoms with E-state index in [0.29, 0.717) is 0 Å². The van der Waals surface area contributed by atoms with E-state index in [1.54, 1.807) is 11.1 Å². The largest absolute Gasteiger partial charge is 0.111 e. The molecule has 0 bridgehead atoms. The van der Waals surface area contributed by atoms with Gasteiger partial charge in [-0.05, 0) is 38.1 Å². The van der Waals surface area contributed by atoms with Crippen LogP contribution >= 0.6 is 23.2 Å². The normalized spacial score (nSPS) is 19.2. The molecule has 0 nitrogen and oxygen atoms in total. The van der Waals surface area contributed by atoms with Gasteiger partial charge >= 0.3 is 0 Å². The van der Waals surface area contributed by atoms with Gasteiger partial charge in [0.25, 0.3) is 0 Å². The summed E-state index contributed by atoms with van der Waals surface area (Å²) >= 11 is 11.6. The highest BCUT2D eigenvalue weighted by atomic mass is 35.5. The Balaban J connectivity index is 2.60. The van der Waals surface area contributed by atoms with Gasteiger partial charge in [0, 0.05) is 10.2 Å². The molecule has 70 valence electrons. The summed E-state index contributed by atoms with van der Waals surface area (Å²) < 4.78 is 0. The first kappa shape index (κ1) is 10.6. The summed E-state index contributed by atoms with van der Waals surface area (Å²) in [6, 6.07) is 1.32. The summed E-state index contributed by atoms with van der Waals surface area (Å²) in [5.41, 5.74) is 3.23. The van der Waals surface area contributed by atoms with Crippen molar-refractivity contribution in [2.24, 2.45) is 0 Å². The molecule has 1 aliphatic carbocycles. The second kappa shape index (κ2) is 5.31. The molecule has 0 amide bonds. The lowest BCUT2D eigenvalue weighted by Gasteiger charge is -2.19. The van der Waals surface area contributed by atoms with Crippen LogP contribution in [0, 0.1) is 0 Å². The molecular weight excluding hydrogens is 207 g/mol. The molecule has 12 heavy (non-hydrogen) atoms. The van der Waals surface area contributed by atoms with E-state index < -0.39 is 0 Å². The Morgan fingerprint density at radius 3 is 2.25 bits per heavy atom. The number of allylic oxidation sites excluding steroid dienone is 2. The van der Waals surface area contributed by atoms with E-state index in [2.05, 4.69) is 0 Å². The Morgan fingerprint density at radius 2 is 1.75 bits per heavy atom. The van der Waals surface area contributed by atoms with Crippen LogP contribution in [0.4, 0.5) is 0 Å². The molecule has 0 saturated carbocycles. The molecule has 0 aliphatic heterocycles. The predicted molar refractivity (Wildman–Crippen MR) is 60.4 cm³/mol. The van der Waals surface area contributed by atoms with Gasteiger partial charge in [-0.1, -0.05) is 11.1 Å². The Morgan fingerprint density at radius 1 is 1.17 bits per heavy atom. The molecule has 0 aromatic heterocycles. The maximum atomic E-state index is 5.78. The van der Waals surface area contributed by atoms with E-state index in [1.165, 1.54) is 42.0 Å². The summed E-state index contributed by atoms with van der Waals surface area (Å²) in [6.45, 7) is 0. The molecule has 0 spiro atoms. The summed E-state index contributed by atoms with van der Waals surface area (Å²) in [6.07, 6.45) is 6.16.